The molecule has 0 aliphatic heterocycles. The molecule has 0 aliphatic rings. The van der Waals surface area contributed by atoms with Gasteiger partial charge in [-0.1, -0.05) is 24.3 Å². The second kappa shape index (κ2) is 3.73. The van der Waals surface area contributed by atoms with E-state index in [2.05, 4.69) is 12.2 Å². The maximum Gasteiger partial charge on any atom is 0.251 e. The number of nitrogens with one attached hydrogen (secondary N) is 1. The topological polar surface area (TPSA) is 29.1 Å². The molecule has 1 amide bonds. The van der Waals surface area contributed by atoms with Crippen molar-refractivity contribution in [2.75, 3.05) is 7.05 Å². The highest BCUT2D eigenvalue weighted by Crippen LogP contribution is 2.17. The molecule has 0 aliphatic carbocycles. The van der Waals surface area contributed by atoms with Crippen molar-refractivity contribution >= 4 is 16.7 Å². The lowest BCUT2D eigenvalue weighted by molar-refractivity contribution is 0.0963. The monoisotopic (exact) mass is 198 g/mol. The number of hydrogen-bond acceptors (Lipinski definition) is 1. The van der Waals surface area contributed by atoms with E-state index in [1.807, 2.05) is 36.4 Å². The largest absolute Gasteiger partial charge is 0.355 e. The number of carbonyl (C=O) groups is 1. The molecule has 1 radical (unpaired) electrons. The van der Waals surface area contributed by atoms with E-state index in [1.54, 1.807) is 7.05 Å². The maximum absolute atomic E-state index is 11.4. The highest BCUT2D eigenvalue weighted by molar-refractivity contribution is 5.98. The Morgan fingerprint density at radius 3 is 2.53 bits per heavy atom. The molecule has 0 spiro atoms. The van der Waals surface area contributed by atoms with Gasteiger partial charge in [-0.25, -0.2) is 0 Å². The average molecular weight is 198 g/mol. The molecule has 1 N–H and O–H groups in total. The number of benzene rings is 2. The van der Waals surface area contributed by atoms with Crippen molar-refractivity contribution in [1.29, 1.82) is 0 Å². The Kier molecular flexibility index (Phi) is 2.42. The second-order valence-electron chi connectivity index (χ2n) is 3.48. The minimum Gasteiger partial charge on any atom is -0.355 e. The molecule has 2 aromatic rings. The van der Waals surface area contributed by atoms with Crippen molar-refractivity contribution in [1.82, 2.24) is 5.32 Å². The van der Waals surface area contributed by atoms with Crippen LogP contribution >= 0.6 is 0 Å². The summed E-state index contributed by atoms with van der Waals surface area (Å²) < 4.78 is 0. The second-order valence-corrected chi connectivity index (χ2v) is 3.48. The van der Waals surface area contributed by atoms with E-state index in [4.69, 9.17) is 0 Å². The fourth-order valence-electron chi connectivity index (χ4n) is 1.58. The molecule has 2 nitrogen and oxygen atoms in total. The van der Waals surface area contributed by atoms with Crippen LogP contribution in [0.5, 0.6) is 0 Å². The van der Waals surface area contributed by atoms with Gasteiger partial charge < -0.3 is 5.32 Å². The van der Waals surface area contributed by atoms with Crippen LogP contribution in [0.4, 0.5) is 0 Å². The third kappa shape index (κ3) is 1.84. The summed E-state index contributed by atoms with van der Waals surface area (Å²) in [5.74, 6) is -0.0596. The van der Waals surface area contributed by atoms with Gasteiger partial charge >= 0.3 is 0 Å². The number of fused-ring (bicyclic) bond motifs is 1. The standard InChI is InChI=1S/C13H12NO/c1-9-3-4-11-8-12(13(15)14-2)6-5-10(11)7-9/h3-8H,1H2,2H3,(H,14,15). The van der Waals surface area contributed by atoms with Crippen LogP contribution in [0.1, 0.15) is 15.9 Å². The van der Waals surface area contributed by atoms with Crippen molar-refractivity contribution < 1.29 is 4.79 Å². The molecule has 2 heteroatoms. The predicted octanol–water partition coefficient (Wildman–Crippen LogP) is 2.38. The Balaban J connectivity index is 2.57. The third-order valence-electron chi connectivity index (χ3n) is 2.39. The Bertz CT molecular complexity index is 517. The van der Waals surface area contributed by atoms with Crippen molar-refractivity contribution in [3.05, 3.63) is 54.4 Å². The van der Waals surface area contributed by atoms with Gasteiger partial charge in [0.05, 0.1) is 0 Å². The van der Waals surface area contributed by atoms with Gasteiger partial charge in [0.1, 0.15) is 0 Å². The highest BCUT2D eigenvalue weighted by atomic mass is 16.1. The summed E-state index contributed by atoms with van der Waals surface area (Å²) in [5, 5.41) is 4.77. The lowest BCUT2D eigenvalue weighted by atomic mass is 10.0. The van der Waals surface area contributed by atoms with Crippen molar-refractivity contribution in [3.8, 4) is 0 Å². The van der Waals surface area contributed by atoms with Crippen molar-refractivity contribution in [3.63, 3.8) is 0 Å². The fourth-order valence-corrected chi connectivity index (χ4v) is 1.58. The van der Waals surface area contributed by atoms with Crippen molar-refractivity contribution in [2.45, 2.75) is 0 Å². The molecule has 0 fully saturated rings. The molecular formula is C13H12NO. The predicted molar refractivity (Wildman–Crippen MR) is 61.8 cm³/mol. The summed E-state index contributed by atoms with van der Waals surface area (Å²) >= 11 is 0. The molecule has 2 rings (SSSR count). The van der Waals surface area contributed by atoms with Crippen LogP contribution in [0.15, 0.2) is 36.4 Å². The molecule has 0 bridgehead atoms. The van der Waals surface area contributed by atoms with Gasteiger partial charge in [0, 0.05) is 12.6 Å². The van der Waals surface area contributed by atoms with Crippen LogP contribution in [0, 0.1) is 6.92 Å². The zero-order chi connectivity index (χ0) is 10.8. The van der Waals surface area contributed by atoms with E-state index in [-0.39, 0.29) is 5.91 Å². The number of hydrogen-bond donors (Lipinski definition) is 1. The molecule has 0 saturated heterocycles. The van der Waals surface area contributed by atoms with Crippen LogP contribution in [-0.2, 0) is 0 Å². The molecule has 75 valence electrons. The fraction of sp³-hybridized carbons (Fsp3) is 0.0769. The zero-order valence-electron chi connectivity index (χ0n) is 8.58. The first kappa shape index (κ1) is 9.71. The van der Waals surface area contributed by atoms with Crippen LogP contribution in [0.2, 0.25) is 0 Å². The van der Waals surface area contributed by atoms with Crippen LogP contribution < -0.4 is 5.32 Å². The summed E-state index contributed by atoms with van der Waals surface area (Å²) in [5.41, 5.74) is 1.66. The van der Waals surface area contributed by atoms with E-state index in [0.29, 0.717) is 5.56 Å². The molecule has 0 aromatic heterocycles. The van der Waals surface area contributed by atoms with Crippen LogP contribution in [0.3, 0.4) is 0 Å². The van der Waals surface area contributed by atoms with Gasteiger partial charge in [-0.3, -0.25) is 4.79 Å². The Hall–Kier alpha value is -1.83. The van der Waals surface area contributed by atoms with Gasteiger partial charge in [0.15, 0.2) is 0 Å². The van der Waals surface area contributed by atoms with E-state index >= 15 is 0 Å². The van der Waals surface area contributed by atoms with E-state index in [0.717, 1.165) is 16.3 Å². The van der Waals surface area contributed by atoms with Crippen LogP contribution in [-0.4, -0.2) is 13.0 Å². The van der Waals surface area contributed by atoms with Gasteiger partial charge in [-0.15, -0.1) is 0 Å². The number of rotatable bonds is 1. The lowest BCUT2D eigenvalue weighted by Gasteiger charge is -2.03. The maximum atomic E-state index is 11.4. The molecule has 15 heavy (non-hydrogen) atoms. The van der Waals surface area contributed by atoms with E-state index in [9.17, 15) is 4.79 Å². The number of carbonyl (C=O) groups excluding carboxylic acids is 1. The SMILES string of the molecule is [CH2]c1ccc2cc(C(=O)NC)ccc2c1. The van der Waals surface area contributed by atoms with Gasteiger partial charge in [0.2, 0.25) is 0 Å². The summed E-state index contributed by atoms with van der Waals surface area (Å²) in [6.07, 6.45) is 0. The summed E-state index contributed by atoms with van der Waals surface area (Å²) in [6.45, 7) is 3.87. The van der Waals surface area contributed by atoms with E-state index in [1.165, 1.54) is 0 Å². The van der Waals surface area contributed by atoms with Crippen molar-refractivity contribution in [2.24, 2.45) is 0 Å². The smallest absolute Gasteiger partial charge is 0.251 e. The normalized spacial score (nSPS) is 10.3. The van der Waals surface area contributed by atoms with Crippen LogP contribution in [0.25, 0.3) is 10.8 Å². The lowest BCUT2D eigenvalue weighted by Crippen LogP contribution is -2.17. The Morgan fingerprint density at radius 2 is 1.80 bits per heavy atom. The Morgan fingerprint density at radius 1 is 1.13 bits per heavy atom. The molecule has 2 aromatic carbocycles. The molecule has 0 heterocycles. The summed E-state index contributed by atoms with van der Waals surface area (Å²) in [6, 6.07) is 11.6. The molecular weight excluding hydrogens is 186 g/mol. The summed E-state index contributed by atoms with van der Waals surface area (Å²) in [4.78, 5) is 11.4. The first-order valence-corrected chi connectivity index (χ1v) is 4.78. The minimum absolute atomic E-state index is 0.0596. The van der Waals surface area contributed by atoms with Gasteiger partial charge in [-0.2, -0.15) is 0 Å². The third-order valence-corrected chi connectivity index (χ3v) is 2.39. The first-order chi connectivity index (χ1) is 7.20. The number of amides is 1. The average Bonchev–Trinajstić information content (AvgIpc) is 2.27. The zero-order valence-corrected chi connectivity index (χ0v) is 8.58. The summed E-state index contributed by atoms with van der Waals surface area (Å²) in [7, 11) is 1.63. The quantitative estimate of drug-likeness (QED) is 0.749. The molecule has 0 unspecified atom stereocenters. The van der Waals surface area contributed by atoms with Gasteiger partial charge in [0.25, 0.3) is 5.91 Å². The molecule has 0 saturated carbocycles. The first-order valence-electron chi connectivity index (χ1n) is 4.78. The van der Waals surface area contributed by atoms with Gasteiger partial charge in [-0.05, 0) is 35.4 Å². The minimum atomic E-state index is -0.0596. The highest BCUT2D eigenvalue weighted by Gasteiger charge is 2.03. The molecule has 0 atom stereocenters. The Labute approximate surface area is 88.9 Å². The van der Waals surface area contributed by atoms with E-state index < -0.39 is 0 Å².